The summed E-state index contributed by atoms with van der Waals surface area (Å²) in [6.07, 6.45) is 6.91. The Balaban J connectivity index is 1.91. The highest BCUT2D eigenvalue weighted by Gasteiger charge is 2.25. The molecule has 27 heavy (non-hydrogen) atoms. The first-order valence-electron chi connectivity index (χ1n) is 9.22. The standard InChI is InChI=1S/C20H26BrN5O/c1-24-9-15-10-25-17-7-3-6-14(19(15)17)12-26(11-13-4-2-5-13)20(27)16(22)8-18(21)23/h3,6-8,10,13,23-25H,2,4-5,9,11-12,22H2,1H3/b16-8-,23-18?. The van der Waals surface area contributed by atoms with Gasteiger partial charge in [-0.25, -0.2) is 0 Å². The number of H-pyrrole nitrogens is 1. The summed E-state index contributed by atoms with van der Waals surface area (Å²) in [5.74, 6) is 0.321. The van der Waals surface area contributed by atoms with E-state index in [-0.39, 0.29) is 16.2 Å². The van der Waals surface area contributed by atoms with Crippen molar-refractivity contribution in [1.29, 1.82) is 5.41 Å². The Morgan fingerprint density at radius 2 is 2.22 bits per heavy atom. The second-order valence-corrected chi connectivity index (χ2v) is 7.97. The third-order valence-corrected chi connectivity index (χ3v) is 5.35. The number of rotatable bonds is 8. The molecule has 1 aliphatic carbocycles. The molecule has 0 bridgehead atoms. The Labute approximate surface area is 167 Å². The first-order valence-corrected chi connectivity index (χ1v) is 10.0. The smallest absolute Gasteiger partial charge is 0.270 e. The SMILES string of the molecule is CNCc1c[nH]c2cccc(CN(CC3CCC3)C(=O)/C(N)=C/C(=N)Br)c12. The van der Waals surface area contributed by atoms with Crippen LogP contribution < -0.4 is 11.1 Å². The molecule has 0 atom stereocenters. The second-order valence-electron chi connectivity index (χ2n) is 7.11. The van der Waals surface area contributed by atoms with Crippen LogP contribution in [0, 0.1) is 11.3 Å². The third kappa shape index (κ3) is 4.59. The van der Waals surface area contributed by atoms with Crippen molar-refractivity contribution in [2.45, 2.75) is 32.4 Å². The summed E-state index contributed by atoms with van der Waals surface area (Å²) in [7, 11) is 1.93. The fourth-order valence-corrected chi connectivity index (χ4v) is 3.84. The molecule has 2 aromatic rings. The molecule has 0 unspecified atom stereocenters. The average Bonchev–Trinajstić information content (AvgIpc) is 3.00. The average molecular weight is 432 g/mol. The van der Waals surface area contributed by atoms with Crippen molar-refractivity contribution in [3.8, 4) is 0 Å². The topological polar surface area (TPSA) is 98.0 Å². The summed E-state index contributed by atoms with van der Waals surface area (Å²) in [6.45, 7) is 1.97. The number of hydrogen-bond donors (Lipinski definition) is 4. The molecule has 1 aromatic carbocycles. The molecule has 1 aromatic heterocycles. The Morgan fingerprint density at radius 3 is 2.85 bits per heavy atom. The molecule has 3 rings (SSSR count). The van der Waals surface area contributed by atoms with Crippen molar-refractivity contribution >= 4 is 37.4 Å². The van der Waals surface area contributed by atoms with E-state index in [0.717, 1.165) is 35.9 Å². The van der Waals surface area contributed by atoms with Gasteiger partial charge in [0.2, 0.25) is 0 Å². The van der Waals surface area contributed by atoms with Gasteiger partial charge in [-0.3, -0.25) is 10.2 Å². The predicted octanol–water partition coefficient (Wildman–Crippen LogP) is 3.23. The van der Waals surface area contributed by atoms with Crippen molar-refractivity contribution in [1.82, 2.24) is 15.2 Å². The molecule has 0 radical (unpaired) electrons. The van der Waals surface area contributed by atoms with Gasteiger partial charge in [0, 0.05) is 36.7 Å². The molecule has 0 saturated heterocycles. The molecule has 5 N–H and O–H groups in total. The minimum Gasteiger partial charge on any atom is -0.394 e. The van der Waals surface area contributed by atoms with Crippen LogP contribution in [-0.4, -0.2) is 34.0 Å². The number of halogens is 1. The highest BCUT2D eigenvalue weighted by molar-refractivity contribution is 9.18. The lowest BCUT2D eigenvalue weighted by molar-refractivity contribution is -0.128. The van der Waals surface area contributed by atoms with E-state index in [1.165, 1.54) is 18.1 Å². The molecular weight excluding hydrogens is 406 g/mol. The lowest BCUT2D eigenvalue weighted by atomic mass is 9.85. The Kier molecular flexibility index (Phi) is 6.34. The van der Waals surface area contributed by atoms with Crippen LogP contribution in [0.25, 0.3) is 10.9 Å². The van der Waals surface area contributed by atoms with Crippen molar-refractivity contribution in [2.24, 2.45) is 11.7 Å². The van der Waals surface area contributed by atoms with E-state index in [0.29, 0.717) is 19.0 Å². The number of aromatic nitrogens is 1. The number of allylic oxidation sites excluding steroid dienone is 1. The number of benzene rings is 1. The summed E-state index contributed by atoms with van der Waals surface area (Å²) in [4.78, 5) is 18.1. The summed E-state index contributed by atoms with van der Waals surface area (Å²) < 4.78 is 0.0981. The number of amides is 1. The number of carbonyl (C=O) groups excluding carboxylic acids is 1. The van der Waals surface area contributed by atoms with Gasteiger partial charge in [0.15, 0.2) is 0 Å². The lowest BCUT2D eigenvalue weighted by Gasteiger charge is -2.32. The number of aromatic amines is 1. The predicted molar refractivity (Wildman–Crippen MR) is 113 cm³/mol. The van der Waals surface area contributed by atoms with E-state index in [9.17, 15) is 4.79 Å². The molecular formula is C20H26BrN5O. The van der Waals surface area contributed by atoms with Gasteiger partial charge in [-0.05, 0) is 65.0 Å². The summed E-state index contributed by atoms with van der Waals surface area (Å²) in [5.41, 5.74) is 9.41. The van der Waals surface area contributed by atoms with E-state index < -0.39 is 0 Å². The van der Waals surface area contributed by atoms with Crippen molar-refractivity contribution in [3.63, 3.8) is 0 Å². The number of carbonyl (C=O) groups is 1. The molecule has 7 heteroatoms. The highest BCUT2D eigenvalue weighted by Crippen LogP contribution is 2.29. The quantitative estimate of drug-likeness (QED) is 0.381. The van der Waals surface area contributed by atoms with Crippen LogP contribution in [0.2, 0.25) is 0 Å². The van der Waals surface area contributed by atoms with Crippen LogP contribution in [0.15, 0.2) is 36.2 Å². The van der Waals surface area contributed by atoms with Gasteiger partial charge >= 0.3 is 0 Å². The lowest BCUT2D eigenvalue weighted by Crippen LogP contribution is -2.39. The number of nitrogens with zero attached hydrogens (tertiary/aromatic N) is 1. The van der Waals surface area contributed by atoms with E-state index in [1.807, 2.05) is 24.2 Å². The van der Waals surface area contributed by atoms with Crippen LogP contribution in [0.3, 0.4) is 0 Å². The second kappa shape index (κ2) is 8.71. The largest absolute Gasteiger partial charge is 0.394 e. The molecule has 1 heterocycles. The molecule has 1 saturated carbocycles. The summed E-state index contributed by atoms with van der Waals surface area (Å²) in [5, 5.41) is 11.9. The van der Waals surface area contributed by atoms with E-state index in [1.54, 1.807) is 0 Å². The van der Waals surface area contributed by atoms with Crippen LogP contribution in [0.1, 0.15) is 30.4 Å². The van der Waals surface area contributed by atoms with Gasteiger partial charge in [-0.1, -0.05) is 18.6 Å². The molecule has 1 fully saturated rings. The summed E-state index contributed by atoms with van der Waals surface area (Å²) >= 11 is 3.03. The Morgan fingerprint density at radius 1 is 1.44 bits per heavy atom. The zero-order valence-corrected chi connectivity index (χ0v) is 17.1. The first kappa shape index (κ1) is 19.6. The monoisotopic (exact) mass is 431 g/mol. The van der Waals surface area contributed by atoms with Gasteiger partial charge in [-0.15, -0.1) is 0 Å². The zero-order valence-electron chi connectivity index (χ0n) is 15.5. The Bertz CT molecular complexity index is 868. The minimum absolute atomic E-state index is 0.0906. The maximum atomic E-state index is 12.9. The number of nitrogens with two attached hydrogens (primary N) is 1. The zero-order chi connectivity index (χ0) is 19.4. The minimum atomic E-state index is -0.214. The molecule has 0 spiro atoms. The number of hydrogen-bond acceptors (Lipinski definition) is 4. The molecule has 1 amide bonds. The van der Waals surface area contributed by atoms with E-state index in [4.69, 9.17) is 11.1 Å². The van der Waals surface area contributed by atoms with Crippen LogP contribution >= 0.6 is 15.9 Å². The van der Waals surface area contributed by atoms with Crippen LogP contribution in [0.5, 0.6) is 0 Å². The molecule has 0 aliphatic heterocycles. The van der Waals surface area contributed by atoms with E-state index in [2.05, 4.69) is 38.4 Å². The van der Waals surface area contributed by atoms with Crippen LogP contribution in [0.4, 0.5) is 0 Å². The third-order valence-electron chi connectivity index (χ3n) is 5.12. The molecule has 144 valence electrons. The van der Waals surface area contributed by atoms with Crippen molar-refractivity contribution in [2.75, 3.05) is 13.6 Å². The van der Waals surface area contributed by atoms with Crippen molar-refractivity contribution < 1.29 is 4.79 Å². The normalized spacial score (nSPS) is 15.0. The Hall–Kier alpha value is -2.12. The fraction of sp³-hybridized carbons (Fsp3) is 0.400. The highest BCUT2D eigenvalue weighted by atomic mass is 79.9. The van der Waals surface area contributed by atoms with Gasteiger partial charge in [0.1, 0.15) is 5.70 Å². The van der Waals surface area contributed by atoms with Gasteiger partial charge in [0.05, 0.1) is 4.62 Å². The maximum absolute atomic E-state index is 12.9. The number of nitrogens with one attached hydrogen (secondary N) is 3. The molecule has 6 nitrogen and oxygen atoms in total. The summed E-state index contributed by atoms with van der Waals surface area (Å²) in [6, 6.07) is 6.13. The fourth-order valence-electron chi connectivity index (χ4n) is 3.59. The van der Waals surface area contributed by atoms with Crippen molar-refractivity contribution in [3.05, 3.63) is 47.3 Å². The van der Waals surface area contributed by atoms with Gasteiger partial charge in [-0.2, -0.15) is 0 Å². The van der Waals surface area contributed by atoms with E-state index >= 15 is 0 Å². The maximum Gasteiger partial charge on any atom is 0.270 e. The number of fused-ring (bicyclic) bond motifs is 1. The first-order chi connectivity index (χ1) is 13.0. The molecule has 1 aliphatic rings. The van der Waals surface area contributed by atoms with Gasteiger partial charge < -0.3 is 20.9 Å². The van der Waals surface area contributed by atoms with Crippen LogP contribution in [-0.2, 0) is 17.9 Å². The van der Waals surface area contributed by atoms with Gasteiger partial charge in [0.25, 0.3) is 5.91 Å².